The molecule has 2 aromatic rings. The summed E-state index contributed by atoms with van der Waals surface area (Å²) in [5.41, 5.74) is 2.49. The van der Waals surface area contributed by atoms with E-state index in [1.54, 1.807) is 18.2 Å². The molecule has 0 N–H and O–H groups in total. The molecule has 0 radical (unpaired) electrons. The summed E-state index contributed by atoms with van der Waals surface area (Å²) >= 11 is 0. The average Bonchev–Trinajstić information content (AvgIpc) is 2.88. The van der Waals surface area contributed by atoms with Crippen molar-refractivity contribution in [3.05, 3.63) is 59.7 Å². The first-order valence-corrected chi connectivity index (χ1v) is 13.1. The highest BCUT2D eigenvalue weighted by atomic mass is 16.5. The smallest absolute Gasteiger partial charge is 0.338 e. The van der Waals surface area contributed by atoms with Crippen molar-refractivity contribution in [1.29, 1.82) is 0 Å². The van der Waals surface area contributed by atoms with E-state index in [1.807, 2.05) is 30.3 Å². The Morgan fingerprint density at radius 3 is 1.82 bits per heavy atom. The van der Waals surface area contributed by atoms with Crippen LogP contribution in [-0.2, 0) is 9.47 Å². The average molecular weight is 467 g/mol. The number of hydrogen-bond donors (Lipinski definition) is 0. The second kappa shape index (κ2) is 15.3. The van der Waals surface area contributed by atoms with Crippen LogP contribution in [0.1, 0.15) is 99.8 Å². The van der Waals surface area contributed by atoms with Gasteiger partial charge < -0.3 is 9.47 Å². The quantitative estimate of drug-likeness (QED) is 0.249. The fourth-order valence-corrected chi connectivity index (χ4v) is 4.05. The number of esters is 2. The Balaban J connectivity index is 2.19. The lowest BCUT2D eigenvalue weighted by Crippen LogP contribution is -2.16. The lowest BCUT2D eigenvalue weighted by atomic mass is 9.97. The molecule has 34 heavy (non-hydrogen) atoms. The van der Waals surface area contributed by atoms with Crippen LogP contribution in [-0.4, -0.2) is 25.2 Å². The van der Waals surface area contributed by atoms with Crippen LogP contribution in [0.25, 0.3) is 11.1 Å². The molecular formula is C30H42O4. The summed E-state index contributed by atoms with van der Waals surface area (Å²) in [6, 6.07) is 14.8. The molecule has 2 unspecified atom stereocenters. The maximum Gasteiger partial charge on any atom is 0.338 e. The van der Waals surface area contributed by atoms with Gasteiger partial charge in [-0.05, 0) is 54.0 Å². The maximum absolute atomic E-state index is 13.0. The third-order valence-electron chi connectivity index (χ3n) is 6.55. The van der Waals surface area contributed by atoms with Crippen molar-refractivity contribution in [1.82, 2.24) is 0 Å². The number of carbonyl (C=O) groups excluding carboxylic acids is 2. The standard InChI is InChI=1S/C30H42O4/c1-5-9-14-23(7-3)21-33-29(31)26-18-19-27(28(20-26)25-16-12-11-13-17-25)30(32)34-22-24(8-4)15-10-6-2/h11-13,16-20,23-24H,5-10,14-15,21-22H2,1-4H3. The molecule has 0 aliphatic carbocycles. The van der Waals surface area contributed by atoms with Crippen molar-refractivity contribution in [2.75, 3.05) is 13.2 Å². The monoisotopic (exact) mass is 466 g/mol. The molecule has 0 saturated carbocycles. The summed E-state index contributed by atoms with van der Waals surface area (Å²) in [5, 5.41) is 0. The van der Waals surface area contributed by atoms with E-state index in [-0.39, 0.29) is 11.9 Å². The fraction of sp³-hybridized carbons (Fsp3) is 0.533. The van der Waals surface area contributed by atoms with Gasteiger partial charge in [0.05, 0.1) is 24.3 Å². The van der Waals surface area contributed by atoms with Crippen LogP contribution >= 0.6 is 0 Å². The predicted octanol–water partition coefficient (Wildman–Crippen LogP) is 8.10. The Bertz CT molecular complexity index is 875. The van der Waals surface area contributed by atoms with E-state index in [4.69, 9.17) is 9.47 Å². The summed E-state index contributed by atoms with van der Waals surface area (Å²) in [6.45, 7) is 9.46. The minimum atomic E-state index is -0.349. The molecule has 2 aromatic carbocycles. The number of ether oxygens (including phenoxy) is 2. The minimum absolute atomic E-state index is 0.348. The summed E-state index contributed by atoms with van der Waals surface area (Å²) in [7, 11) is 0. The van der Waals surface area contributed by atoms with Gasteiger partial charge in [0.2, 0.25) is 0 Å². The van der Waals surface area contributed by atoms with Crippen molar-refractivity contribution in [3.8, 4) is 11.1 Å². The van der Waals surface area contributed by atoms with Crippen molar-refractivity contribution >= 4 is 11.9 Å². The molecule has 4 nitrogen and oxygen atoms in total. The molecule has 2 atom stereocenters. The molecule has 0 bridgehead atoms. The van der Waals surface area contributed by atoms with Gasteiger partial charge in [0, 0.05) is 0 Å². The minimum Gasteiger partial charge on any atom is -0.462 e. The predicted molar refractivity (Wildman–Crippen MR) is 139 cm³/mol. The molecule has 4 heteroatoms. The van der Waals surface area contributed by atoms with E-state index >= 15 is 0 Å². The Morgan fingerprint density at radius 1 is 0.735 bits per heavy atom. The first-order valence-electron chi connectivity index (χ1n) is 13.1. The van der Waals surface area contributed by atoms with E-state index < -0.39 is 0 Å². The van der Waals surface area contributed by atoms with Gasteiger partial charge >= 0.3 is 11.9 Å². The van der Waals surface area contributed by atoms with Crippen LogP contribution in [0.5, 0.6) is 0 Å². The van der Waals surface area contributed by atoms with Crippen molar-refractivity contribution in [3.63, 3.8) is 0 Å². The van der Waals surface area contributed by atoms with Gasteiger partial charge in [-0.1, -0.05) is 96.6 Å². The molecule has 186 valence electrons. The Kier molecular flexibility index (Phi) is 12.4. The van der Waals surface area contributed by atoms with Crippen LogP contribution in [0.3, 0.4) is 0 Å². The number of hydrogen-bond acceptors (Lipinski definition) is 4. The van der Waals surface area contributed by atoms with Gasteiger partial charge in [-0.3, -0.25) is 0 Å². The van der Waals surface area contributed by atoms with E-state index in [9.17, 15) is 9.59 Å². The first-order chi connectivity index (χ1) is 16.5. The molecule has 0 spiro atoms. The summed E-state index contributed by atoms with van der Waals surface area (Å²) in [6.07, 6.45) is 8.66. The maximum atomic E-state index is 13.0. The van der Waals surface area contributed by atoms with E-state index in [2.05, 4.69) is 27.7 Å². The van der Waals surface area contributed by atoms with E-state index in [0.29, 0.717) is 41.7 Å². The van der Waals surface area contributed by atoms with Crippen LogP contribution in [0.4, 0.5) is 0 Å². The van der Waals surface area contributed by atoms with Gasteiger partial charge in [0.15, 0.2) is 0 Å². The normalized spacial score (nSPS) is 12.7. The zero-order valence-electron chi connectivity index (χ0n) is 21.5. The topological polar surface area (TPSA) is 52.6 Å². The summed E-state index contributed by atoms with van der Waals surface area (Å²) in [5.74, 6) is 0.0560. The van der Waals surface area contributed by atoms with E-state index in [1.165, 1.54) is 0 Å². The molecule has 0 aliphatic heterocycles. The lowest BCUT2D eigenvalue weighted by Gasteiger charge is -2.17. The first kappa shape index (κ1) is 27.6. The van der Waals surface area contributed by atoms with Gasteiger partial charge in [0.25, 0.3) is 0 Å². The largest absolute Gasteiger partial charge is 0.462 e. The Morgan fingerprint density at radius 2 is 1.29 bits per heavy atom. The van der Waals surface area contributed by atoms with Gasteiger partial charge in [-0.2, -0.15) is 0 Å². The molecule has 0 aromatic heterocycles. The summed E-state index contributed by atoms with van der Waals surface area (Å²) < 4.78 is 11.4. The molecule has 0 amide bonds. The van der Waals surface area contributed by atoms with Crippen molar-refractivity contribution in [2.45, 2.75) is 79.1 Å². The van der Waals surface area contributed by atoms with Crippen LogP contribution in [0, 0.1) is 11.8 Å². The zero-order valence-corrected chi connectivity index (χ0v) is 21.5. The second-order valence-corrected chi connectivity index (χ2v) is 9.16. The van der Waals surface area contributed by atoms with E-state index in [0.717, 1.165) is 56.9 Å². The van der Waals surface area contributed by atoms with Gasteiger partial charge in [-0.15, -0.1) is 0 Å². The number of carbonyl (C=O) groups is 2. The molecule has 0 aliphatic rings. The molecule has 0 saturated heterocycles. The van der Waals surface area contributed by atoms with Gasteiger partial charge in [-0.25, -0.2) is 9.59 Å². The van der Waals surface area contributed by atoms with Crippen molar-refractivity contribution < 1.29 is 19.1 Å². The lowest BCUT2D eigenvalue weighted by molar-refractivity contribution is 0.0415. The zero-order chi connectivity index (χ0) is 24.8. The number of unbranched alkanes of at least 4 members (excludes halogenated alkanes) is 2. The Labute approximate surface area is 206 Å². The highest BCUT2D eigenvalue weighted by Gasteiger charge is 2.20. The van der Waals surface area contributed by atoms with Crippen molar-refractivity contribution in [2.24, 2.45) is 11.8 Å². The molecule has 0 fully saturated rings. The fourth-order valence-electron chi connectivity index (χ4n) is 4.05. The van der Waals surface area contributed by atoms with Crippen LogP contribution in [0.15, 0.2) is 48.5 Å². The van der Waals surface area contributed by atoms with Gasteiger partial charge in [0.1, 0.15) is 0 Å². The number of benzene rings is 2. The highest BCUT2D eigenvalue weighted by Crippen LogP contribution is 2.27. The second-order valence-electron chi connectivity index (χ2n) is 9.16. The molecule has 2 rings (SSSR count). The SMILES string of the molecule is CCCCC(CC)COC(=O)c1ccc(C(=O)OCC(CC)CCCC)c(-c2ccccc2)c1. The number of rotatable bonds is 15. The molecule has 0 heterocycles. The third kappa shape index (κ3) is 8.62. The third-order valence-corrected chi connectivity index (χ3v) is 6.55. The Hall–Kier alpha value is -2.62. The van der Waals surface area contributed by atoms with Crippen LogP contribution in [0.2, 0.25) is 0 Å². The highest BCUT2D eigenvalue weighted by molar-refractivity contribution is 6.00. The van der Waals surface area contributed by atoms with Crippen LogP contribution < -0.4 is 0 Å². The molecular weight excluding hydrogens is 424 g/mol. The summed E-state index contributed by atoms with van der Waals surface area (Å²) in [4.78, 5) is 25.8.